The Kier molecular flexibility index (Phi) is 5.84. The molecule has 0 bridgehead atoms. The topological polar surface area (TPSA) is 83.2 Å². The average Bonchev–Trinajstić information content (AvgIpc) is 2.70. The number of aliphatic hydroxyl groups is 1. The van der Waals surface area contributed by atoms with Crippen LogP contribution in [0.15, 0.2) is 33.5 Å². The molecule has 1 spiro atoms. The third-order valence-electron chi connectivity index (χ3n) is 6.52. The molecule has 1 atom stereocenters. The number of hydrogen-bond donors (Lipinski definition) is 1. The smallest absolute Gasteiger partial charge is 0.336 e. The summed E-state index contributed by atoms with van der Waals surface area (Å²) in [5.41, 5.74) is 1.14. The highest BCUT2D eigenvalue weighted by Gasteiger charge is 2.41. The molecule has 7 nitrogen and oxygen atoms in total. The number of aryl methyl sites for hydroxylation is 1. The highest BCUT2D eigenvalue weighted by Crippen LogP contribution is 2.39. The lowest BCUT2D eigenvalue weighted by atomic mass is 9.72. The number of nitrogens with zero attached hydrogens (tertiary/aromatic N) is 2. The van der Waals surface area contributed by atoms with Crippen molar-refractivity contribution in [2.45, 2.75) is 38.7 Å². The van der Waals surface area contributed by atoms with Gasteiger partial charge in [-0.2, -0.15) is 0 Å². The monoisotopic (exact) mass is 414 g/mol. The van der Waals surface area contributed by atoms with E-state index in [9.17, 15) is 14.7 Å². The summed E-state index contributed by atoms with van der Waals surface area (Å²) in [6, 6.07) is 6.86. The molecule has 2 saturated heterocycles. The first-order chi connectivity index (χ1) is 14.4. The minimum absolute atomic E-state index is 0.0429. The number of likely N-dealkylation sites (tertiary alicyclic amines) is 2. The molecule has 1 aromatic heterocycles. The summed E-state index contributed by atoms with van der Waals surface area (Å²) < 4.78 is 11.0. The Morgan fingerprint density at radius 1 is 1.30 bits per heavy atom. The molecule has 0 radical (unpaired) electrons. The van der Waals surface area contributed by atoms with Crippen LogP contribution in [0.4, 0.5) is 0 Å². The molecule has 162 valence electrons. The number of rotatable bonds is 4. The SMILES string of the molecule is CCc1cc(=O)oc2cc(OCC(=O)N3CCC4(CC3)CC(O)CN(C)C4)ccc12. The van der Waals surface area contributed by atoms with Gasteiger partial charge in [0.05, 0.1) is 6.10 Å². The summed E-state index contributed by atoms with van der Waals surface area (Å²) >= 11 is 0. The van der Waals surface area contributed by atoms with E-state index in [-0.39, 0.29) is 29.7 Å². The van der Waals surface area contributed by atoms with E-state index < -0.39 is 0 Å². The highest BCUT2D eigenvalue weighted by atomic mass is 16.5. The number of ether oxygens (including phenoxy) is 1. The Hall–Kier alpha value is -2.38. The molecule has 2 fully saturated rings. The number of likely N-dealkylation sites (N-methyl/N-ethyl adjacent to an activating group) is 1. The number of benzene rings is 1. The van der Waals surface area contributed by atoms with Crippen molar-refractivity contribution in [2.24, 2.45) is 5.41 Å². The fourth-order valence-corrected chi connectivity index (χ4v) is 5.05. The molecule has 4 rings (SSSR count). The fraction of sp³-hybridized carbons (Fsp3) is 0.565. The Morgan fingerprint density at radius 3 is 2.77 bits per heavy atom. The van der Waals surface area contributed by atoms with Crippen LogP contribution >= 0.6 is 0 Å². The number of hydrogen-bond acceptors (Lipinski definition) is 6. The summed E-state index contributed by atoms with van der Waals surface area (Å²) in [7, 11) is 2.05. The van der Waals surface area contributed by atoms with Gasteiger partial charge in [-0.25, -0.2) is 4.79 Å². The van der Waals surface area contributed by atoms with Gasteiger partial charge in [-0.3, -0.25) is 4.79 Å². The van der Waals surface area contributed by atoms with E-state index in [0.717, 1.165) is 49.7 Å². The molecule has 1 aromatic carbocycles. The maximum absolute atomic E-state index is 12.7. The molecule has 3 heterocycles. The lowest BCUT2D eigenvalue weighted by Gasteiger charge is -2.48. The second-order valence-electron chi connectivity index (χ2n) is 8.83. The Morgan fingerprint density at radius 2 is 2.07 bits per heavy atom. The molecule has 0 saturated carbocycles. The molecule has 30 heavy (non-hydrogen) atoms. The third-order valence-corrected chi connectivity index (χ3v) is 6.52. The first-order valence-corrected chi connectivity index (χ1v) is 10.7. The van der Waals surface area contributed by atoms with Crippen molar-refractivity contribution < 1.29 is 19.1 Å². The standard InChI is InChI=1S/C23H30N2O5/c1-3-16-10-22(28)30-20-11-18(4-5-19(16)20)29-14-21(27)25-8-6-23(7-9-25)12-17(26)13-24(2)15-23/h4-5,10-11,17,26H,3,6-9,12-15H2,1-2H3. The molecule has 0 aliphatic carbocycles. The second-order valence-corrected chi connectivity index (χ2v) is 8.83. The lowest BCUT2D eigenvalue weighted by Crippen LogP contribution is -2.53. The molecular formula is C23H30N2O5. The number of piperidine rings is 2. The fourth-order valence-electron chi connectivity index (χ4n) is 5.05. The van der Waals surface area contributed by atoms with Crippen LogP contribution in [0.5, 0.6) is 5.75 Å². The Bertz CT molecular complexity index is 965. The van der Waals surface area contributed by atoms with Gasteiger partial charge in [0, 0.05) is 43.7 Å². The van der Waals surface area contributed by atoms with Crippen LogP contribution in [0.3, 0.4) is 0 Å². The number of β-amino-alcohol motifs (C(OH)–C–C–N with tert-alkyl or cyclic N) is 1. The van der Waals surface area contributed by atoms with Crippen LogP contribution in [0.25, 0.3) is 11.0 Å². The van der Waals surface area contributed by atoms with Crippen LogP contribution in [0.1, 0.15) is 31.7 Å². The predicted octanol–water partition coefficient (Wildman–Crippen LogP) is 2.04. The zero-order valence-corrected chi connectivity index (χ0v) is 17.7. The van der Waals surface area contributed by atoms with Crippen LogP contribution in [0, 0.1) is 5.41 Å². The van der Waals surface area contributed by atoms with E-state index in [0.29, 0.717) is 24.4 Å². The quantitative estimate of drug-likeness (QED) is 0.771. The number of carbonyl (C=O) groups excluding carboxylic acids is 1. The lowest BCUT2D eigenvalue weighted by molar-refractivity contribution is -0.137. The largest absolute Gasteiger partial charge is 0.484 e. The first-order valence-electron chi connectivity index (χ1n) is 10.7. The van der Waals surface area contributed by atoms with Crippen LogP contribution in [-0.4, -0.2) is 66.8 Å². The van der Waals surface area contributed by atoms with Gasteiger partial charge >= 0.3 is 5.63 Å². The maximum Gasteiger partial charge on any atom is 0.336 e. The number of carbonyl (C=O) groups is 1. The van der Waals surface area contributed by atoms with Crippen LogP contribution in [0.2, 0.25) is 0 Å². The van der Waals surface area contributed by atoms with Gasteiger partial charge in [-0.05, 0) is 55.8 Å². The van der Waals surface area contributed by atoms with Gasteiger partial charge in [0.25, 0.3) is 5.91 Å². The zero-order chi connectivity index (χ0) is 21.3. The molecule has 1 unspecified atom stereocenters. The highest BCUT2D eigenvalue weighted by molar-refractivity contribution is 5.82. The van der Waals surface area contributed by atoms with Crippen LogP contribution in [-0.2, 0) is 11.2 Å². The minimum atomic E-state index is -0.381. The molecule has 2 aromatic rings. The van der Waals surface area contributed by atoms with Gasteiger partial charge in [-0.1, -0.05) is 6.92 Å². The summed E-state index contributed by atoms with van der Waals surface area (Å²) in [5.74, 6) is 0.469. The van der Waals surface area contributed by atoms with Crippen molar-refractivity contribution in [3.05, 3.63) is 40.2 Å². The van der Waals surface area contributed by atoms with Gasteiger partial charge in [0.2, 0.25) is 0 Å². The number of aliphatic hydroxyl groups excluding tert-OH is 1. The minimum Gasteiger partial charge on any atom is -0.484 e. The van der Waals surface area contributed by atoms with Crippen molar-refractivity contribution in [1.82, 2.24) is 9.80 Å². The van der Waals surface area contributed by atoms with Gasteiger partial charge in [0.15, 0.2) is 6.61 Å². The van der Waals surface area contributed by atoms with Crippen molar-refractivity contribution in [3.8, 4) is 5.75 Å². The summed E-state index contributed by atoms with van der Waals surface area (Å²) in [4.78, 5) is 28.4. The van der Waals surface area contributed by atoms with E-state index in [1.165, 1.54) is 6.07 Å². The molecule has 2 aliphatic heterocycles. The Labute approximate surface area is 176 Å². The van der Waals surface area contributed by atoms with Gasteiger partial charge in [0.1, 0.15) is 11.3 Å². The molecule has 7 heteroatoms. The molecule has 1 amide bonds. The Balaban J connectivity index is 1.36. The number of amides is 1. The zero-order valence-electron chi connectivity index (χ0n) is 17.7. The molecule has 2 aliphatic rings. The van der Waals surface area contributed by atoms with E-state index in [1.807, 2.05) is 24.9 Å². The number of fused-ring (bicyclic) bond motifs is 1. The van der Waals surface area contributed by atoms with E-state index in [4.69, 9.17) is 9.15 Å². The van der Waals surface area contributed by atoms with Crippen molar-refractivity contribution in [2.75, 3.05) is 39.8 Å². The predicted molar refractivity (Wildman–Crippen MR) is 114 cm³/mol. The van der Waals surface area contributed by atoms with Gasteiger partial charge < -0.3 is 24.1 Å². The maximum atomic E-state index is 12.7. The summed E-state index contributed by atoms with van der Waals surface area (Å²) in [5, 5.41) is 11.0. The van der Waals surface area contributed by atoms with Crippen LogP contribution < -0.4 is 10.4 Å². The third kappa shape index (κ3) is 4.37. The second kappa shape index (κ2) is 8.40. The first kappa shape index (κ1) is 20.9. The summed E-state index contributed by atoms with van der Waals surface area (Å²) in [6.07, 6.45) is 3.08. The van der Waals surface area contributed by atoms with Crippen molar-refractivity contribution in [1.29, 1.82) is 0 Å². The van der Waals surface area contributed by atoms with E-state index >= 15 is 0 Å². The molecular weight excluding hydrogens is 384 g/mol. The van der Waals surface area contributed by atoms with E-state index in [2.05, 4.69) is 4.90 Å². The van der Waals surface area contributed by atoms with Crippen molar-refractivity contribution in [3.63, 3.8) is 0 Å². The van der Waals surface area contributed by atoms with Gasteiger partial charge in [-0.15, -0.1) is 0 Å². The van der Waals surface area contributed by atoms with Crippen molar-refractivity contribution >= 4 is 16.9 Å². The summed E-state index contributed by atoms with van der Waals surface area (Å²) in [6.45, 7) is 5.03. The normalized spacial score (nSPS) is 21.8. The average molecular weight is 415 g/mol. The van der Waals surface area contributed by atoms with E-state index in [1.54, 1.807) is 12.1 Å². The molecule has 1 N–H and O–H groups in total.